The lowest BCUT2D eigenvalue weighted by Crippen LogP contribution is -2.14. The van der Waals surface area contributed by atoms with Crippen molar-refractivity contribution in [3.8, 4) is 11.4 Å². The number of anilines is 1. The van der Waals surface area contributed by atoms with Gasteiger partial charge in [0.15, 0.2) is 5.16 Å². The molecule has 1 aromatic heterocycles. The quantitative estimate of drug-likeness (QED) is 0.307. The maximum atomic E-state index is 12.4. The summed E-state index contributed by atoms with van der Waals surface area (Å²) in [6, 6.07) is 24.0. The SMILES string of the molecule is O=C(CSc1nnc(Cc2ccccc2)n1-c1ccc(Cl)cc1)Nc1ccccc1O. The summed E-state index contributed by atoms with van der Waals surface area (Å²) in [4.78, 5) is 12.4. The molecular formula is C23H19ClN4O2S. The Morgan fingerprint density at radius 1 is 0.968 bits per heavy atom. The number of nitrogens with zero attached hydrogens (tertiary/aromatic N) is 3. The van der Waals surface area contributed by atoms with Crippen LogP contribution in [0.2, 0.25) is 5.02 Å². The average Bonchev–Trinajstić information content (AvgIpc) is 3.17. The third-order valence-electron chi connectivity index (χ3n) is 4.50. The summed E-state index contributed by atoms with van der Waals surface area (Å²) in [6.07, 6.45) is 0.598. The lowest BCUT2D eigenvalue weighted by molar-refractivity contribution is -0.113. The van der Waals surface area contributed by atoms with E-state index in [1.54, 1.807) is 18.2 Å². The van der Waals surface area contributed by atoms with Crippen molar-refractivity contribution in [1.82, 2.24) is 14.8 Å². The Balaban J connectivity index is 1.56. The van der Waals surface area contributed by atoms with Crippen LogP contribution in [0.4, 0.5) is 5.69 Å². The maximum Gasteiger partial charge on any atom is 0.234 e. The first-order valence-electron chi connectivity index (χ1n) is 9.55. The molecule has 31 heavy (non-hydrogen) atoms. The minimum Gasteiger partial charge on any atom is -0.506 e. The minimum absolute atomic E-state index is 0.0235. The molecule has 0 bridgehead atoms. The average molecular weight is 451 g/mol. The number of aromatic nitrogens is 3. The predicted octanol–water partition coefficient (Wildman–Crippen LogP) is 4.95. The zero-order valence-electron chi connectivity index (χ0n) is 16.4. The fourth-order valence-corrected chi connectivity index (χ4v) is 3.93. The molecule has 0 radical (unpaired) electrons. The lowest BCUT2D eigenvalue weighted by atomic mass is 10.1. The fourth-order valence-electron chi connectivity index (χ4n) is 3.03. The van der Waals surface area contributed by atoms with Gasteiger partial charge in [0.1, 0.15) is 11.6 Å². The van der Waals surface area contributed by atoms with Gasteiger partial charge < -0.3 is 10.4 Å². The highest BCUT2D eigenvalue weighted by Crippen LogP contribution is 2.26. The molecule has 0 spiro atoms. The number of hydrogen-bond donors (Lipinski definition) is 2. The molecule has 0 unspecified atom stereocenters. The van der Waals surface area contributed by atoms with E-state index in [0.29, 0.717) is 22.3 Å². The van der Waals surface area contributed by atoms with Gasteiger partial charge in [0.25, 0.3) is 0 Å². The monoisotopic (exact) mass is 450 g/mol. The molecule has 156 valence electrons. The molecule has 0 aliphatic heterocycles. The molecule has 1 heterocycles. The first-order valence-corrected chi connectivity index (χ1v) is 10.9. The van der Waals surface area contributed by atoms with E-state index in [1.165, 1.54) is 17.8 Å². The van der Waals surface area contributed by atoms with Crippen molar-refractivity contribution in [2.75, 3.05) is 11.1 Å². The van der Waals surface area contributed by atoms with Crippen molar-refractivity contribution in [2.45, 2.75) is 11.6 Å². The first-order chi connectivity index (χ1) is 15.1. The smallest absolute Gasteiger partial charge is 0.234 e. The third kappa shape index (κ3) is 5.25. The topological polar surface area (TPSA) is 80.0 Å². The number of phenolic OH excluding ortho intramolecular Hbond substituents is 1. The van der Waals surface area contributed by atoms with Gasteiger partial charge in [-0.25, -0.2) is 0 Å². The number of benzene rings is 3. The first kappa shape index (κ1) is 21.0. The summed E-state index contributed by atoms with van der Waals surface area (Å²) in [6.45, 7) is 0. The van der Waals surface area contributed by atoms with Crippen molar-refractivity contribution >= 4 is 35.0 Å². The number of thioether (sulfide) groups is 1. The van der Waals surface area contributed by atoms with Crippen molar-refractivity contribution in [1.29, 1.82) is 0 Å². The number of carbonyl (C=O) groups is 1. The molecule has 0 aliphatic carbocycles. The van der Waals surface area contributed by atoms with E-state index in [9.17, 15) is 9.90 Å². The van der Waals surface area contributed by atoms with E-state index in [4.69, 9.17) is 11.6 Å². The van der Waals surface area contributed by atoms with Gasteiger partial charge in [0, 0.05) is 17.1 Å². The zero-order valence-corrected chi connectivity index (χ0v) is 18.0. The van der Waals surface area contributed by atoms with Gasteiger partial charge in [0.05, 0.1) is 11.4 Å². The van der Waals surface area contributed by atoms with Crippen molar-refractivity contribution in [2.24, 2.45) is 0 Å². The predicted molar refractivity (Wildman–Crippen MR) is 123 cm³/mol. The number of nitrogens with one attached hydrogen (secondary N) is 1. The summed E-state index contributed by atoms with van der Waals surface area (Å²) in [5.41, 5.74) is 2.35. The van der Waals surface area contributed by atoms with Gasteiger partial charge in [-0.15, -0.1) is 10.2 Å². The fraction of sp³-hybridized carbons (Fsp3) is 0.0870. The molecule has 3 aromatic carbocycles. The molecule has 6 nitrogen and oxygen atoms in total. The highest BCUT2D eigenvalue weighted by molar-refractivity contribution is 7.99. The maximum absolute atomic E-state index is 12.4. The lowest BCUT2D eigenvalue weighted by Gasteiger charge is -2.11. The van der Waals surface area contributed by atoms with Gasteiger partial charge >= 0.3 is 0 Å². The Bertz CT molecular complexity index is 1180. The Morgan fingerprint density at radius 3 is 2.42 bits per heavy atom. The van der Waals surface area contributed by atoms with Gasteiger partial charge in [-0.1, -0.05) is 65.8 Å². The van der Waals surface area contributed by atoms with Crippen molar-refractivity contribution in [3.63, 3.8) is 0 Å². The largest absolute Gasteiger partial charge is 0.506 e. The molecule has 0 saturated carbocycles. The van der Waals surface area contributed by atoms with Crippen LogP contribution in [0.15, 0.2) is 84.0 Å². The van der Waals surface area contributed by atoms with Crippen LogP contribution in [0.1, 0.15) is 11.4 Å². The van der Waals surface area contributed by atoms with Crippen LogP contribution in [-0.2, 0) is 11.2 Å². The second-order valence-corrected chi connectivity index (χ2v) is 8.11. The second-order valence-electron chi connectivity index (χ2n) is 6.73. The number of halogens is 1. The van der Waals surface area contributed by atoms with Crippen molar-refractivity contribution < 1.29 is 9.90 Å². The molecule has 0 atom stereocenters. The van der Waals surface area contributed by atoms with Crippen LogP contribution in [0, 0.1) is 0 Å². The molecule has 0 aliphatic rings. The van der Waals surface area contributed by atoms with Crippen LogP contribution in [0.25, 0.3) is 5.69 Å². The van der Waals surface area contributed by atoms with Crippen LogP contribution in [0.5, 0.6) is 5.75 Å². The third-order valence-corrected chi connectivity index (χ3v) is 5.68. The molecule has 8 heteroatoms. The Kier molecular flexibility index (Phi) is 6.54. The van der Waals surface area contributed by atoms with Crippen LogP contribution in [0.3, 0.4) is 0 Å². The number of hydrogen-bond acceptors (Lipinski definition) is 5. The molecule has 2 N–H and O–H groups in total. The Morgan fingerprint density at radius 2 is 1.68 bits per heavy atom. The summed E-state index contributed by atoms with van der Waals surface area (Å²) in [7, 11) is 0. The van der Waals surface area contributed by atoms with E-state index in [0.717, 1.165) is 17.1 Å². The number of rotatable bonds is 7. The van der Waals surface area contributed by atoms with Gasteiger partial charge in [-0.3, -0.25) is 9.36 Å². The molecule has 4 aromatic rings. The van der Waals surface area contributed by atoms with Crippen LogP contribution in [-0.4, -0.2) is 31.5 Å². The van der Waals surface area contributed by atoms with Gasteiger partial charge in [-0.05, 0) is 42.0 Å². The van der Waals surface area contributed by atoms with E-state index in [1.807, 2.05) is 59.2 Å². The number of aromatic hydroxyl groups is 1. The highest BCUT2D eigenvalue weighted by Gasteiger charge is 2.17. The van der Waals surface area contributed by atoms with E-state index >= 15 is 0 Å². The van der Waals surface area contributed by atoms with Crippen LogP contribution >= 0.6 is 23.4 Å². The number of phenols is 1. The zero-order chi connectivity index (χ0) is 21.6. The standard InChI is InChI=1S/C23H19ClN4O2S/c24-17-10-12-18(13-11-17)28-21(14-16-6-2-1-3-7-16)26-27-23(28)31-15-22(30)25-19-8-4-5-9-20(19)29/h1-13,29H,14-15H2,(H,25,30). The molecule has 4 rings (SSSR count). The highest BCUT2D eigenvalue weighted by atomic mass is 35.5. The number of amides is 1. The van der Waals surface area contributed by atoms with E-state index < -0.39 is 0 Å². The number of carbonyl (C=O) groups excluding carboxylic acids is 1. The van der Waals surface area contributed by atoms with E-state index in [2.05, 4.69) is 15.5 Å². The van der Waals surface area contributed by atoms with Crippen LogP contribution < -0.4 is 5.32 Å². The molecule has 0 saturated heterocycles. The summed E-state index contributed by atoms with van der Waals surface area (Å²) < 4.78 is 1.93. The molecular weight excluding hydrogens is 432 g/mol. The molecule has 1 amide bonds. The van der Waals surface area contributed by atoms with Gasteiger partial charge in [-0.2, -0.15) is 0 Å². The normalized spacial score (nSPS) is 10.7. The Labute approximate surface area is 188 Å². The summed E-state index contributed by atoms with van der Waals surface area (Å²) in [5.74, 6) is 0.653. The number of para-hydroxylation sites is 2. The van der Waals surface area contributed by atoms with Gasteiger partial charge in [0.2, 0.25) is 5.91 Å². The second kappa shape index (κ2) is 9.68. The van der Waals surface area contributed by atoms with E-state index in [-0.39, 0.29) is 17.4 Å². The Hall–Kier alpha value is -3.29. The minimum atomic E-state index is -0.248. The molecule has 0 fully saturated rings. The van der Waals surface area contributed by atoms with Crippen molar-refractivity contribution in [3.05, 3.63) is 95.3 Å². The summed E-state index contributed by atoms with van der Waals surface area (Å²) >= 11 is 7.33. The summed E-state index contributed by atoms with van der Waals surface area (Å²) in [5, 5.41) is 22.5.